The Morgan fingerprint density at radius 2 is 1.74 bits per heavy atom. The van der Waals surface area contributed by atoms with E-state index in [1.165, 1.54) is 11.8 Å². The molecule has 8 heteroatoms. The number of thioether (sulfide) groups is 1. The molecule has 0 amide bonds. The molecule has 3 saturated carbocycles. The van der Waals surface area contributed by atoms with Crippen LogP contribution in [-0.2, 0) is 25.6 Å². The van der Waals surface area contributed by atoms with Crippen LogP contribution < -0.4 is 4.57 Å². The molecule has 3 fully saturated rings. The number of aliphatic hydroxyl groups excluding tert-OH is 1. The van der Waals surface area contributed by atoms with Gasteiger partial charge in [0.2, 0.25) is 0 Å². The van der Waals surface area contributed by atoms with Crippen LogP contribution in [0.5, 0.6) is 0 Å². The second-order valence-electron chi connectivity index (χ2n) is 15.8. The largest absolute Gasteiger partial charge is 0.461 e. The fourth-order valence-electron chi connectivity index (χ4n) is 8.78. The zero-order valence-electron chi connectivity index (χ0n) is 29.1. The Kier molecular flexibility index (Phi) is 9.89. The molecule has 1 N–H and O–H groups in total. The maximum atomic E-state index is 13.6. The van der Waals surface area contributed by atoms with Crippen LogP contribution in [0.2, 0.25) is 0 Å². The van der Waals surface area contributed by atoms with Gasteiger partial charge in [-0.1, -0.05) is 45.9 Å². The summed E-state index contributed by atoms with van der Waals surface area (Å²) in [6.45, 7) is 18.8. The fourth-order valence-corrected chi connectivity index (χ4v) is 9.44. The molecule has 0 unspecified atom stereocenters. The van der Waals surface area contributed by atoms with Crippen LogP contribution in [0.1, 0.15) is 96.5 Å². The number of hydrogen-bond donors (Lipinski definition) is 1. The highest BCUT2D eigenvalue weighted by atomic mass is 32.2. The Balaban J connectivity index is 1.25. The zero-order valence-corrected chi connectivity index (χ0v) is 29.9. The van der Waals surface area contributed by atoms with Crippen molar-refractivity contribution in [2.24, 2.45) is 34.0 Å². The third kappa shape index (κ3) is 6.82. The molecule has 1 heterocycles. The molecule has 7 nitrogen and oxygen atoms in total. The molecule has 47 heavy (non-hydrogen) atoms. The number of rotatable bonds is 8. The van der Waals surface area contributed by atoms with E-state index in [1.54, 1.807) is 12.1 Å². The average Bonchev–Trinajstić information content (AvgIpc) is 3.38. The number of nitrogens with zero attached hydrogens (tertiary/aromatic N) is 1. The monoisotopic (exact) mass is 662 g/mol. The number of hydrogen-bond acceptors (Lipinski definition) is 7. The maximum Gasteiger partial charge on any atom is 0.338 e. The van der Waals surface area contributed by atoms with Crippen molar-refractivity contribution in [3.05, 3.63) is 72.6 Å². The predicted molar refractivity (Wildman–Crippen MR) is 183 cm³/mol. The van der Waals surface area contributed by atoms with Crippen LogP contribution in [0.25, 0.3) is 0 Å². The number of pyridine rings is 1. The molecule has 0 saturated heterocycles. The standard InChI is InChI=1S/C39H52NO6S/c1-9-37(7)22-31(38(8)25(2)14-18-39(26(3)34(37)43)19-15-30(41)33(38)39)45-32(42)24-47-29-16-20-40(21-17-29)23-27-10-12-28(13-11-27)35(44)46-36(4,5)6/h9-13,16-17,20-21,25-26,31,33-34,43H,1,14-15,18-19,22-24H2,2-8H3/q+1/t25-,26+,31-,33+,34+,37-,38+,39+/m1/s1. The van der Waals surface area contributed by atoms with Gasteiger partial charge in [-0.2, -0.15) is 0 Å². The van der Waals surface area contributed by atoms with Gasteiger partial charge in [0.05, 0.1) is 17.4 Å². The molecule has 8 atom stereocenters. The van der Waals surface area contributed by atoms with E-state index in [1.807, 2.05) is 75.0 Å². The third-order valence-corrected chi connectivity index (χ3v) is 12.7. The summed E-state index contributed by atoms with van der Waals surface area (Å²) in [6, 6.07) is 11.4. The summed E-state index contributed by atoms with van der Waals surface area (Å²) < 4.78 is 13.9. The first kappa shape index (κ1) is 35.3. The van der Waals surface area contributed by atoms with E-state index in [0.29, 0.717) is 24.9 Å². The van der Waals surface area contributed by atoms with Gasteiger partial charge >= 0.3 is 11.9 Å². The van der Waals surface area contributed by atoms with Gasteiger partial charge < -0.3 is 14.6 Å². The first-order valence-electron chi connectivity index (χ1n) is 17.0. The van der Waals surface area contributed by atoms with Crippen LogP contribution in [0.3, 0.4) is 0 Å². The van der Waals surface area contributed by atoms with Crippen LogP contribution >= 0.6 is 11.8 Å². The van der Waals surface area contributed by atoms with Crippen LogP contribution in [0, 0.1) is 34.0 Å². The maximum absolute atomic E-state index is 13.6. The van der Waals surface area contributed by atoms with Crippen molar-refractivity contribution in [2.75, 3.05) is 5.75 Å². The summed E-state index contributed by atoms with van der Waals surface area (Å²) in [4.78, 5) is 40.4. The van der Waals surface area contributed by atoms with E-state index in [-0.39, 0.29) is 46.6 Å². The Hall–Kier alpha value is -2.97. The normalized spacial score (nSPS) is 33.7. The summed E-state index contributed by atoms with van der Waals surface area (Å²) in [5.74, 6) is -0.346. The summed E-state index contributed by atoms with van der Waals surface area (Å²) in [5.41, 5.74) is -0.432. The lowest BCUT2D eigenvalue weighted by Gasteiger charge is -2.61. The lowest BCUT2D eigenvalue weighted by molar-refractivity contribution is -0.688. The summed E-state index contributed by atoms with van der Waals surface area (Å²) in [7, 11) is 0. The summed E-state index contributed by atoms with van der Waals surface area (Å²) >= 11 is 1.42. The van der Waals surface area contributed by atoms with Crippen molar-refractivity contribution >= 4 is 29.5 Å². The van der Waals surface area contributed by atoms with Crippen molar-refractivity contribution in [3.8, 4) is 0 Å². The molecule has 254 valence electrons. The number of esters is 2. The average molecular weight is 663 g/mol. The predicted octanol–water partition coefficient (Wildman–Crippen LogP) is 6.98. The molecule has 1 aromatic carbocycles. The highest BCUT2D eigenvalue weighted by molar-refractivity contribution is 8.00. The molecule has 0 aliphatic heterocycles. The SMILES string of the molecule is C=C[C@]1(C)C[C@@H](OC(=O)CSc2cc[n+](Cc3ccc(C(=O)OC(C)(C)C)cc3)cc2)[C@]2(C)[C@H](C)CC[C@]3(CCC(=O)[C@H]32)[C@@H](C)[C@@H]1O. The zero-order chi connectivity index (χ0) is 34.4. The van der Waals surface area contributed by atoms with E-state index in [4.69, 9.17) is 9.47 Å². The highest BCUT2D eigenvalue weighted by Crippen LogP contribution is 2.68. The second kappa shape index (κ2) is 13.1. The van der Waals surface area contributed by atoms with E-state index >= 15 is 0 Å². The molecule has 0 radical (unpaired) electrons. The number of carbonyl (C=O) groups is 3. The van der Waals surface area contributed by atoms with Crippen LogP contribution in [0.4, 0.5) is 0 Å². The van der Waals surface area contributed by atoms with Gasteiger partial charge in [-0.05, 0) is 75.8 Å². The third-order valence-electron chi connectivity index (χ3n) is 11.7. The number of Topliss-reactive ketones (excluding diaryl/α,β-unsaturated/α-hetero) is 1. The molecule has 3 aliphatic rings. The van der Waals surface area contributed by atoms with Crippen molar-refractivity contribution in [2.45, 2.75) is 110 Å². The van der Waals surface area contributed by atoms with Gasteiger partial charge in [0, 0.05) is 45.8 Å². The minimum Gasteiger partial charge on any atom is -0.461 e. The summed E-state index contributed by atoms with van der Waals surface area (Å²) in [5, 5.41) is 11.7. The molecule has 2 bridgehead atoms. The Labute approximate surface area is 284 Å². The lowest BCUT2D eigenvalue weighted by atomic mass is 9.44. The smallest absolute Gasteiger partial charge is 0.338 e. The van der Waals surface area contributed by atoms with Gasteiger partial charge in [-0.25, -0.2) is 9.36 Å². The quantitative estimate of drug-likeness (QED) is 0.141. The van der Waals surface area contributed by atoms with Crippen LogP contribution in [0.15, 0.2) is 66.3 Å². The minimum absolute atomic E-state index is 0.0570. The summed E-state index contributed by atoms with van der Waals surface area (Å²) in [6.07, 6.45) is 8.18. The Morgan fingerprint density at radius 3 is 2.36 bits per heavy atom. The number of aliphatic hydroxyl groups is 1. The molecule has 3 aliphatic carbocycles. The van der Waals surface area contributed by atoms with E-state index in [0.717, 1.165) is 29.7 Å². The molecule has 5 rings (SSSR count). The van der Waals surface area contributed by atoms with Gasteiger partial charge in [0.15, 0.2) is 18.9 Å². The van der Waals surface area contributed by atoms with E-state index < -0.39 is 28.6 Å². The minimum atomic E-state index is -0.680. The van der Waals surface area contributed by atoms with E-state index in [2.05, 4.69) is 27.4 Å². The lowest BCUT2D eigenvalue weighted by Crippen LogP contribution is -2.63. The molecule has 0 spiro atoms. The number of aromatic nitrogens is 1. The van der Waals surface area contributed by atoms with Gasteiger partial charge in [-0.15, -0.1) is 18.3 Å². The second-order valence-corrected chi connectivity index (χ2v) is 16.8. The van der Waals surface area contributed by atoms with Gasteiger partial charge in [0.25, 0.3) is 0 Å². The van der Waals surface area contributed by atoms with Gasteiger partial charge in [-0.3, -0.25) is 9.59 Å². The topological polar surface area (TPSA) is 93.8 Å². The van der Waals surface area contributed by atoms with Crippen molar-refractivity contribution < 1.29 is 33.5 Å². The van der Waals surface area contributed by atoms with Crippen molar-refractivity contribution in [1.82, 2.24) is 0 Å². The molecular weight excluding hydrogens is 610 g/mol. The Bertz CT molecular complexity index is 1500. The number of ether oxygens (including phenoxy) is 2. The first-order chi connectivity index (χ1) is 22.0. The molecule has 2 aromatic rings. The molecular formula is C39H52NO6S+. The Morgan fingerprint density at radius 1 is 1.09 bits per heavy atom. The van der Waals surface area contributed by atoms with Gasteiger partial charge in [0.1, 0.15) is 17.5 Å². The number of benzene rings is 1. The molecule has 1 aromatic heterocycles. The van der Waals surface area contributed by atoms with Crippen molar-refractivity contribution in [1.29, 1.82) is 0 Å². The number of carbonyl (C=O) groups excluding carboxylic acids is 3. The van der Waals surface area contributed by atoms with Crippen molar-refractivity contribution in [3.63, 3.8) is 0 Å². The first-order valence-corrected chi connectivity index (χ1v) is 18.0. The van der Waals surface area contributed by atoms with Crippen LogP contribution in [-0.4, -0.2) is 46.4 Å². The number of ketones is 1. The highest BCUT2D eigenvalue weighted by Gasteiger charge is 2.68. The fraction of sp³-hybridized carbons (Fsp3) is 0.590. The van der Waals surface area contributed by atoms with E-state index in [9.17, 15) is 19.5 Å².